The molecule has 1 fully saturated rings. The monoisotopic (exact) mass is 238 g/mol. The van der Waals surface area contributed by atoms with E-state index in [1.807, 2.05) is 6.20 Å². The van der Waals surface area contributed by atoms with Gasteiger partial charge in [0.1, 0.15) is 0 Å². The van der Waals surface area contributed by atoms with E-state index in [1.54, 1.807) is 11.3 Å². The molecule has 3 heteroatoms. The van der Waals surface area contributed by atoms with Gasteiger partial charge in [0.05, 0.1) is 5.01 Å². The van der Waals surface area contributed by atoms with Crippen molar-refractivity contribution < 1.29 is 0 Å². The van der Waals surface area contributed by atoms with E-state index >= 15 is 0 Å². The molecule has 0 aliphatic heterocycles. The van der Waals surface area contributed by atoms with Crippen molar-refractivity contribution in [2.45, 2.75) is 52.0 Å². The number of hydrogen-bond acceptors (Lipinski definition) is 3. The number of nitrogens with zero attached hydrogens (tertiary/aromatic N) is 1. The summed E-state index contributed by atoms with van der Waals surface area (Å²) in [6, 6.07) is 0.591. The lowest BCUT2D eigenvalue weighted by Gasteiger charge is -2.29. The highest BCUT2D eigenvalue weighted by atomic mass is 32.1. The zero-order valence-electron chi connectivity index (χ0n) is 10.3. The summed E-state index contributed by atoms with van der Waals surface area (Å²) in [5.41, 5.74) is 0.488. The van der Waals surface area contributed by atoms with Gasteiger partial charge in [-0.25, -0.2) is 4.98 Å². The van der Waals surface area contributed by atoms with E-state index < -0.39 is 0 Å². The fraction of sp³-hybridized carbons (Fsp3) is 0.769. The molecule has 2 nitrogen and oxygen atoms in total. The topological polar surface area (TPSA) is 24.9 Å². The quantitative estimate of drug-likeness (QED) is 0.852. The molecule has 1 heterocycles. The summed E-state index contributed by atoms with van der Waals surface area (Å²) in [4.78, 5) is 4.44. The van der Waals surface area contributed by atoms with Crippen molar-refractivity contribution in [3.63, 3.8) is 0 Å². The van der Waals surface area contributed by atoms with Gasteiger partial charge in [-0.05, 0) is 18.3 Å². The van der Waals surface area contributed by atoms with Crippen LogP contribution in [0.4, 0.5) is 0 Å². The third-order valence-electron chi connectivity index (χ3n) is 3.56. The van der Waals surface area contributed by atoms with Gasteiger partial charge >= 0.3 is 0 Å². The van der Waals surface area contributed by atoms with Gasteiger partial charge in [-0.3, -0.25) is 0 Å². The third kappa shape index (κ3) is 3.05. The van der Waals surface area contributed by atoms with Crippen LogP contribution in [0, 0.1) is 5.41 Å². The minimum absolute atomic E-state index is 0.488. The molecule has 0 spiro atoms. The second-order valence-corrected chi connectivity index (χ2v) is 6.32. The smallest absolute Gasteiger partial charge is 0.0930 e. The van der Waals surface area contributed by atoms with Gasteiger partial charge in [0.15, 0.2) is 0 Å². The molecule has 16 heavy (non-hydrogen) atoms. The van der Waals surface area contributed by atoms with E-state index in [1.165, 1.54) is 37.1 Å². The maximum Gasteiger partial charge on any atom is 0.0930 e. The lowest BCUT2D eigenvalue weighted by atomic mass is 9.82. The molecule has 1 aliphatic carbocycles. The summed E-state index contributed by atoms with van der Waals surface area (Å²) >= 11 is 1.80. The van der Waals surface area contributed by atoms with Crippen LogP contribution in [0.5, 0.6) is 0 Å². The predicted octanol–water partition coefficient (Wildman–Crippen LogP) is 3.24. The van der Waals surface area contributed by atoms with Crippen LogP contribution in [0.15, 0.2) is 11.6 Å². The lowest BCUT2D eigenvalue weighted by Crippen LogP contribution is -2.37. The first-order chi connectivity index (χ1) is 7.70. The molecule has 1 saturated carbocycles. The van der Waals surface area contributed by atoms with E-state index in [2.05, 4.69) is 29.5 Å². The van der Waals surface area contributed by atoms with Crippen LogP contribution in [0.2, 0.25) is 0 Å². The molecule has 2 rings (SSSR count). The summed E-state index contributed by atoms with van der Waals surface area (Å²) in [6.07, 6.45) is 8.62. The standard InChI is InChI=1S/C13H22N2S/c1-11(2)15-10-13(5-3-4-6-13)9-12-14-7-8-16-12/h7-8,11,15H,3-6,9-10H2,1-2H3. The van der Waals surface area contributed by atoms with Gasteiger partial charge in [-0.1, -0.05) is 26.7 Å². The zero-order valence-corrected chi connectivity index (χ0v) is 11.1. The molecule has 0 radical (unpaired) electrons. The van der Waals surface area contributed by atoms with Crippen LogP contribution in [0.1, 0.15) is 44.5 Å². The van der Waals surface area contributed by atoms with Crippen LogP contribution in [0.3, 0.4) is 0 Å². The highest BCUT2D eigenvalue weighted by molar-refractivity contribution is 7.09. The van der Waals surface area contributed by atoms with Crippen LogP contribution in [-0.4, -0.2) is 17.6 Å². The largest absolute Gasteiger partial charge is 0.314 e. The first-order valence-electron chi connectivity index (χ1n) is 6.32. The summed E-state index contributed by atoms with van der Waals surface area (Å²) < 4.78 is 0. The van der Waals surface area contributed by atoms with Gasteiger partial charge in [-0.2, -0.15) is 0 Å². The van der Waals surface area contributed by atoms with Crippen molar-refractivity contribution in [1.29, 1.82) is 0 Å². The summed E-state index contributed by atoms with van der Waals surface area (Å²) in [7, 11) is 0. The Morgan fingerprint density at radius 2 is 2.19 bits per heavy atom. The van der Waals surface area contributed by atoms with E-state index in [4.69, 9.17) is 0 Å². The molecule has 1 aromatic rings. The maximum atomic E-state index is 4.44. The average molecular weight is 238 g/mol. The van der Waals surface area contributed by atoms with Gasteiger partial charge in [-0.15, -0.1) is 11.3 Å². The van der Waals surface area contributed by atoms with Gasteiger partial charge in [0, 0.05) is 30.6 Å². The summed E-state index contributed by atoms with van der Waals surface area (Å²) in [6.45, 7) is 5.61. The molecular formula is C13H22N2S. The second-order valence-electron chi connectivity index (χ2n) is 5.35. The number of nitrogens with one attached hydrogen (secondary N) is 1. The molecule has 0 atom stereocenters. The molecule has 0 aromatic carbocycles. The van der Waals surface area contributed by atoms with E-state index in [0.717, 1.165) is 6.54 Å². The highest BCUT2D eigenvalue weighted by Crippen LogP contribution is 2.40. The molecule has 1 aromatic heterocycles. The summed E-state index contributed by atoms with van der Waals surface area (Å²) in [5, 5.41) is 7.02. The average Bonchev–Trinajstić information content (AvgIpc) is 2.88. The number of aromatic nitrogens is 1. The van der Waals surface area contributed by atoms with Crippen molar-refractivity contribution in [1.82, 2.24) is 10.3 Å². The molecule has 1 N–H and O–H groups in total. The van der Waals surface area contributed by atoms with Crippen molar-refractivity contribution >= 4 is 11.3 Å². The Kier molecular flexibility index (Phi) is 3.98. The predicted molar refractivity (Wildman–Crippen MR) is 69.9 cm³/mol. The molecule has 90 valence electrons. The molecule has 0 amide bonds. The van der Waals surface area contributed by atoms with Crippen molar-refractivity contribution in [3.05, 3.63) is 16.6 Å². The van der Waals surface area contributed by atoms with Crippen molar-refractivity contribution in [2.75, 3.05) is 6.54 Å². The maximum absolute atomic E-state index is 4.44. The fourth-order valence-corrected chi connectivity index (χ4v) is 3.41. The van der Waals surface area contributed by atoms with Crippen LogP contribution >= 0.6 is 11.3 Å². The fourth-order valence-electron chi connectivity index (χ4n) is 2.62. The Balaban J connectivity index is 1.98. The number of hydrogen-bond donors (Lipinski definition) is 1. The number of thiazole rings is 1. The minimum Gasteiger partial charge on any atom is -0.314 e. The third-order valence-corrected chi connectivity index (χ3v) is 4.34. The molecule has 0 unspecified atom stereocenters. The van der Waals surface area contributed by atoms with Gasteiger partial charge in [0.25, 0.3) is 0 Å². The number of rotatable bonds is 5. The lowest BCUT2D eigenvalue weighted by molar-refractivity contribution is 0.269. The normalized spacial score (nSPS) is 19.4. The Morgan fingerprint density at radius 3 is 2.75 bits per heavy atom. The first-order valence-corrected chi connectivity index (χ1v) is 7.20. The highest BCUT2D eigenvalue weighted by Gasteiger charge is 2.34. The van der Waals surface area contributed by atoms with Gasteiger partial charge < -0.3 is 5.32 Å². The second kappa shape index (κ2) is 5.28. The Labute approximate surface area is 102 Å². The molecule has 0 saturated heterocycles. The van der Waals surface area contributed by atoms with Crippen LogP contribution in [0.25, 0.3) is 0 Å². The van der Waals surface area contributed by atoms with Crippen LogP contribution < -0.4 is 5.32 Å². The van der Waals surface area contributed by atoms with E-state index in [-0.39, 0.29) is 0 Å². The van der Waals surface area contributed by atoms with Crippen molar-refractivity contribution in [3.8, 4) is 0 Å². The SMILES string of the molecule is CC(C)NCC1(Cc2nccs2)CCCC1. The minimum atomic E-state index is 0.488. The summed E-state index contributed by atoms with van der Waals surface area (Å²) in [5.74, 6) is 0. The zero-order chi connectivity index (χ0) is 11.4. The first kappa shape index (κ1) is 12.1. The van der Waals surface area contributed by atoms with Gasteiger partial charge in [0.2, 0.25) is 0 Å². The van der Waals surface area contributed by atoms with E-state index in [9.17, 15) is 0 Å². The van der Waals surface area contributed by atoms with Crippen LogP contribution in [-0.2, 0) is 6.42 Å². The molecular weight excluding hydrogens is 216 g/mol. The Hall–Kier alpha value is -0.410. The Bertz CT molecular complexity index is 300. The Morgan fingerprint density at radius 1 is 1.44 bits per heavy atom. The molecule has 0 bridgehead atoms. The molecule has 1 aliphatic rings. The van der Waals surface area contributed by atoms with Crippen molar-refractivity contribution in [2.24, 2.45) is 5.41 Å². The van der Waals surface area contributed by atoms with E-state index in [0.29, 0.717) is 11.5 Å².